The number of primary amides is 1. The SMILES string of the molecule is Cc1ccc(S(=O)(=O)N2CCC(C(=O)N3CCCC(C(N)=O)C3)CC2)cc1. The predicted molar refractivity (Wildman–Crippen MR) is 101 cm³/mol. The number of rotatable bonds is 4. The maximum atomic E-state index is 12.8. The maximum absolute atomic E-state index is 12.8. The minimum Gasteiger partial charge on any atom is -0.369 e. The van der Waals surface area contributed by atoms with Crippen molar-refractivity contribution in [3.05, 3.63) is 29.8 Å². The number of piperidine rings is 2. The van der Waals surface area contributed by atoms with Gasteiger partial charge in [-0.1, -0.05) is 17.7 Å². The van der Waals surface area contributed by atoms with Gasteiger partial charge in [0.1, 0.15) is 0 Å². The van der Waals surface area contributed by atoms with E-state index in [0.717, 1.165) is 18.4 Å². The summed E-state index contributed by atoms with van der Waals surface area (Å²) in [5.41, 5.74) is 6.40. The molecule has 0 aliphatic carbocycles. The molecule has 0 radical (unpaired) electrons. The molecule has 1 atom stereocenters. The normalized spacial score (nSPS) is 22.6. The number of carbonyl (C=O) groups is 2. The van der Waals surface area contributed by atoms with Crippen LogP contribution in [0.4, 0.5) is 0 Å². The molecule has 148 valence electrons. The van der Waals surface area contributed by atoms with Crippen LogP contribution in [0.15, 0.2) is 29.2 Å². The molecule has 0 spiro atoms. The lowest BCUT2D eigenvalue weighted by molar-refractivity contribution is -0.139. The van der Waals surface area contributed by atoms with Crippen molar-refractivity contribution in [3.8, 4) is 0 Å². The van der Waals surface area contributed by atoms with Crippen molar-refractivity contribution in [1.29, 1.82) is 0 Å². The molecule has 0 aromatic heterocycles. The predicted octanol–water partition coefficient (Wildman–Crippen LogP) is 1.12. The summed E-state index contributed by atoms with van der Waals surface area (Å²) in [4.78, 5) is 26.2. The Bertz CT molecular complexity index is 799. The number of nitrogens with zero attached hydrogens (tertiary/aromatic N) is 2. The van der Waals surface area contributed by atoms with E-state index in [1.165, 1.54) is 4.31 Å². The van der Waals surface area contributed by atoms with Gasteiger partial charge in [-0.25, -0.2) is 8.42 Å². The van der Waals surface area contributed by atoms with Crippen molar-refractivity contribution in [1.82, 2.24) is 9.21 Å². The number of amides is 2. The number of hydrogen-bond donors (Lipinski definition) is 1. The van der Waals surface area contributed by atoms with Crippen molar-refractivity contribution < 1.29 is 18.0 Å². The fourth-order valence-electron chi connectivity index (χ4n) is 3.87. The summed E-state index contributed by atoms with van der Waals surface area (Å²) >= 11 is 0. The third-order valence-electron chi connectivity index (χ3n) is 5.60. The molecule has 8 heteroatoms. The Labute approximate surface area is 160 Å². The van der Waals surface area contributed by atoms with Gasteiger partial charge in [0.25, 0.3) is 0 Å². The van der Waals surface area contributed by atoms with Crippen LogP contribution in [0.2, 0.25) is 0 Å². The van der Waals surface area contributed by atoms with Crippen LogP contribution < -0.4 is 5.73 Å². The Kier molecular flexibility index (Phi) is 5.86. The second-order valence-corrected chi connectivity index (χ2v) is 9.46. The van der Waals surface area contributed by atoms with Crippen molar-refractivity contribution in [2.75, 3.05) is 26.2 Å². The van der Waals surface area contributed by atoms with E-state index >= 15 is 0 Å². The molecule has 2 N–H and O–H groups in total. The summed E-state index contributed by atoms with van der Waals surface area (Å²) in [6, 6.07) is 6.82. The molecular weight excluding hydrogens is 366 g/mol. The fourth-order valence-corrected chi connectivity index (χ4v) is 5.34. The third-order valence-corrected chi connectivity index (χ3v) is 7.51. The standard InChI is InChI=1S/C19H27N3O4S/c1-14-4-6-17(7-5-14)27(25,26)22-11-8-15(9-12-22)19(24)21-10-2-3-16(13-21)18(20)23/h4-7,15-16H,2-3,8-13H2,1H3,(H2,20,23). The van der Waals surface area contributed by atoms with Crippen LogP contribution in [0.1, 0.15) is 31.2 Å². The van der Waals surface area contributed by atoms with E-state index in [1.54, 1.807) is 29.2 Å². The number of hydrogen-bond acceptors (Lipinski definition) is 4. The van der Waals surface area contributed by atoms with Crippen LogP contribution >= 0.6 is 0 Å². The van der Waals surface area contributed by atoms with Crippen LogP contribution in [-0.4, -0.2) is 55.6 Å². The van der Waals surface area contributed by atoms with E-state index in [1.807, 2.05) is 6.92 Å². The van der Waals surface area contributed by atoms with Gasteiger partial charge in [0.15, 0.2) is 0 Å². The highest BCUT2D eigenvalue weighted by atomic mass is 32.2. The van der Waals surface area contributed by atoms with E-state index in [0.29, 0.717) is 43.9 Å². The van der Waals surface area contributed by atoms with Gasteiger partial charge in [0.2, 0.25) is 21.8 Å². The van der Waals surface area contributed by atoms with Gasteiger partial charge in [0.05, 0.1) is 10.8 Å². The molecule has 0 bridgehead atoms. The zero-order valence-corrected chi connectivity index (χ0v) is 16.5. The van der Waals surface area contributed by atoms with E-state index in [9.17, 15) is 18.0 Å². The summed E-state index contributed by atoms with van der Waals surface area (Å²) in [6.07, 6.45) is 2.51. The maximum Gasteiger partial charge on any atom is 0.243 e. The van der Waals surface area contributed by atoms with Crippen molar-refractivity contribution in [2.24, 2.45) is 17.6 Å². The zero-order chi connectivity index (χ0) is 19.6. The van der Waals surface area contributed by atoms with Crippen LogP contribution in [-0.2, 0) is 19.6 Å². The second-order valence-electron chi connectivity index (χ2n) is 7.52. The average molecular weight is 394 g/mol. The molecular formula is C19H27N3O4S. The monoisotopic (exact) mass is 393 g/mol. The summed E-state index contributed by atoms with van der Waals surface area (Å²) in [5, 5.41) is 0. The first-order valence-corrected chi connectivity index (χ1v) is 10.9. The highest BCUT2D eigenvalue weighted by Crippen LogP contribution is 2.27. The van der Waals surface area contributed by atoms with E-state index < -0.39 is 10.0 Å². The second kappa shape index (κ2) is 7.98. The third kappa shape index (κ3) is 4.32. The Morgan fingerprint density at radius 3 is 2.22 bits per heavy atom. The molecule has 2 aliphatic rings. The molecule has 2 amide bonds. The van der Waals surface area contributed by atoms with Crippen LogP contribution in [0.3, 0.4) is 0 Å². The Hall–Kier alpha value is -1.93. The molecule has 0 saturated carbocycles. The minimum atomic E-state index is -3.53. The number of carbonyl (C=O) groups excluding carboxylic acids is 2. The first-order valence-electron chi connectivity index (χ1n) is 9.44. The van der Waals surface area contributed by atoms with Gasteiger partial charge in [-0.05, 0) is 44.7 Å². The molecule has 3 rings (SSSR count). The largest absolute Gasteiger partial charge is 0.369 e. The summed E-state index contributed by atoms with van der Waals surface area (Å²) < 4.78 is 27.0. The molecule has 2 fully saturated rings. The molecule has 1 aromatic carbocycles. The molecule has 2 heterocycles. The van der Waals surface area contributed by atoms with E-state index in [2.05, 4.69) is 0 Å². The van der Waals surface area contributed by atoms with Gasteiger partial charge < -0.3 is 10.6 Å². The molecule has 2 saturated heterocycles. The highest BCUT2D eigenvalue weighted by Gasteiger charge is 2.35. The molecule has 2 aliphatic heterocycles. The average Bonchev–Trinajstić information content (AvgIpc) is 2.68. The lowest BCUT2D eigenvalue weighted by Crippen LogP contribution is -2.48. The van der Waals surface area contributed by atoms with Crippen LogP contribution in [0.25, 0.3) is 0 Å². The Morgan fingerprint density at radius 1 is 1.00 bits per heavy atom. The highest BCUT2D eigenvalue weighted by molar-refractivity contribution is 7.89. The molecule has 1 aromatic rings. The minimum absolute atomic E-state index is 0.0216. The zero-order valence-electron chi connectivity index (χ0n) is 15.6. The topological polar surface area (TPSA) is 101 Å². The molecule has 27 heavy (non-hydrogen) atoms. The van der Waals surface area contributed by atoms with Gasteiger partial charge in [-0.2, -0.15) is 4.31 Å². The first kappa shape index (κ1) is 19.8. The quantitative estimate of drug-likeness (QED) is 0.828. The lowest BCUT2D eigenvalue weighted by Gasteiger charge is -2.36. The van der Waals surface area contributed by atoms with Crippen molar-refractivity contribution in [3.63, 3.8) is 0 Å². The van der Waals surface area contributed by atoms with E-state index in [-0.39, 0.29) is 23.7 Å². The van der Waals surface area contributed by atoms with Crippen molar-refractivity contribution in [2.45, 2.75) is 37.5 Å². The lowest BCUT2D eigenvalue weighted by atomic mass is 9.92. The number of aryl methyl sites for hydroxylation is 1. The van der Waals surface area contributed by atoms with Crippen molar-refractivity contribution >= 4 is 21.8 Å². The van der Waals surface area contributed by atoms with Gasteiger partial charge in [-0.3, -0.25) is 9.59 Å². The number of sulfonamides is 1. The number of nitrogens with two attached hydrogens (primary N) is 1. The summed E-state index contributed by atoms with van der Waals surface area (Å²) in [7, 11) is -3.53. The number of benzene rings is 1. The Balaban J connectivity index is 1.60. The summed E-state index contributed by atoms with van der Waals surface area (Å²) in [6.45, 7) is 3.61. The van der Waals surface area contributed by atoms with Gasteiger partial charge in [-0.15, -0.1) is 0 Å². The van der Waals surface area contributed by atoms with E-state index in [4.69, 9.17) is 5.73 Å². The molecule has 1 unspecified atom stereocenters. The number of likely N-dealkylation sites (tertiary alicyclic amines) is 1. The molecule has 7 nitrogen and oxygen atoms in total. The Morgan fingerprint density at radius 2 is 1.63 bits per heavy atom. The summed E-state index contributed by atoms with van der Waals surface area (Å²) in [5.74, 6) is -0.800. The van der Waals surface area contributed by atoms with Gasteiger partial charge in [0, 0.05) is 32.1 Å². The van der Waals surface area contributed by atoms with Gasteiger partial charge >= 0.3 is 0 Å². The van der Waals surface area contributed by atoms with Crippen LogP contribution in [0, 0.1) is 18.8 Å². The first-order chi connectivity index (χ1) is 12.8. The fraction of sp³-hybridized carbons (Fsp3) is 0.579. The van der Waals surface area contributed by atoms with Crippen LogP contribution in [0.5, 0.6) is 0 Å². The smallest absolute Gasteiger partial charge is 0.243 e.